The lowest BCUT2D eigenvalue weighted by Crippen LogP contribution is -2.88. The summed E-state index contributed by atoms with van der Waals surface area (Å²) in [5.74, 6) is 1.51. The first kappa shape index (κ1) is 20.0. The summed E-state index contributed by atoms with van der Waals surface area (Å²) in [6.45, 7) is 3.12. The van der Waals surface area contributed by atoms with Crippen LogP contribution in [0.4, 0.5) is 5.69 Å². The largest absolute Gasteiger partial charge is 0.493 e. The molecule has 0 aromatic heterocycles. The lowest BCUT2D eigenvalue weighted by molar-refractivity contribution is -0.723. The van der Waals surface area contributed by atoms with Gasteiger partial charge in [0.1, 0.15) is 17.5 Å². The maximum Gasteiger partial charge on any atom is 0.287 e. The van der Waals surface area contributed by atoms with Crippen molar-refractivity contribution in [3.8, 4) is 11.5 Å². The van der Waals surface area contributed by atoms with Crippen molar-refractivity contribution in [3.63, 3.8) is 0 Å². The van der Waals surface area contributed by atoms with E-state index in [1.165, 1.54) is 0 Å². The summed E-state index contributed by atoms with van der Waals surface area (Å²) in [6, 6.07) is 25.3. The minimum absolute atomic E-state index is 0.0719. The quantitative estimate of drug-likeness (QED) is 0.630. The summed E-state index contributed by atoms with van der Waals surface area (Å²) in [5.41, 5.74) is 2.78. The monoisotopic (exact) mass is 403 g/mol. The first-order chi connectivity index (χ1) is 14.8. The van der Waals surface area contributed by atoms with Gasteiger partial charge in [0, 0.05) is 12.0 Å². The number of nitrogens with two attached hydrogens (primary N) is 1. The van der Waals surface area contributed by atoms with Gasteiger partial charge in [0.15, 0.2) is 6.04 Å². The molecular formula is C25H27N2O3+. The summed E-state index contributed by atoms with van der Waals surface area (Å²) in [4.78, 5) is 13.4. The fourth-order valence-corrected chi connectivity index (χ4v) is 3.87. The van der Waals surface area contributed by atoms with Crippen LogP contribution in [0.1, 0.15) is 36.6 Å². The Labute approximate surface area is 177 Å². The number of fused-ring (bicyclic) bond motifs is 1. The number of carbonyl (C=O) groups is 1. The first-order valence-corrected chi connectivity index (χ1v) is 10.4. The predicted molar refractivity (Wildman–Crippen MR) is 117 cm³/mol. The van der Waals surface area contributed by atoms with Crippen LogP contribution in [0.15, 0.2) is 78.9 Å². The lowest BCUT2D eigenvalue weighted by Gasteiger charge is -2.27. The molecule has 2 atom stereocenters. The van der Waals surface area contributed by atoms with Gasteiger partial charge >= 0.3 is 0 Å². The molecule has 3 aromatic carbocycles. The van der Waals surface area contributed by atoms with Crippen molar-refractivity contribution >= 4 is 11.6 Å². The van der Waals surface area contributed by atoms with E-state index in [1.54, 1.807) is 0 Å². The summed E-state index contributed by atoms with van der Waals surface area (Å²) in [5, 5.41) is 5.23. The zero-order valence-electron chi connectivity index (χ0n) is 17.1. The Morgan fingerprint density at radius 1 is 1.07 bits per heavy atom. The molecule has 0 unspecified atom stereocenters. The van der Waals surface area contributed by atoms with Crippen molar-refractivity contribution in [2.75, 3.05) is 18.5 Å². The van der Waals surface area contributed by atoms with Gasteiger partial charge in [-0.15, -0.1) is 0 Å². The normalized spacial score (nSPS) is 16.1. The molecule has 1 heterocycles. The van der Waals surface area contributed by atoms with Gasteiger partial charge in [0.05, 0.1) is 24.5 Å². The van der Waals surface area contributed by atoms with Crippen LogP contribution in [-0.4, -0.2) is 19.1 Å². The maximum absolute atomic E-state index is 13.4. The van der Waals surface area contributed by atoms with E-state index in [-0.39, 0.29) is 11.9 Å². The van der Waals surface area contributed by atoms with Crippen molar-refractivity contribution in [2.45, 2.75) is 25.4 Å². The van der Waals surface area contributed by atoms with E-state index in [2.05, 4.69) is 16.7 Å². The van der Waals surface area contributed by atoms with E-state index in [0.717, 1.165) is 23.3 Å². The second-order valence-corrected chi connectivity index (χ2v) is 7.28. The summed E-state index contributed by atoms with van der Waals surface area (Å²) in [7, 11) is 0. The number of quaternary nitrogens is 1. The van der Waals surface area contributed by atoms with Gasteiger partial charge in [0.2, 0.25) is 0 Å². The number of hydrogen-bond donors (Lipinski definition) is 2. The second-order valence-electron chi connectivity index (χ2n) is 7.28. The molecule has 0 aliphatic carbocycles. The average Bonchev–Trinajstić information content (AvgIpc) is 2.79. The molecule has 5 nitrogen and oxygen atoms in total. The molecule has 5 heteroatoms. The van der Waals surface area contributed by atoms with Crippen LogP contribution in [0, 0.1) is 0 Å². The highest BCUT2D eigenvalue weighted by Crippen LogP contribution is 2.30. The van der Waals surface area contributed by atoms with Gasteiger partial charge in [-0.05, 0) is 31.2 Å². The molecule has 0 saturated carbocycles. The number of rotatable bonds is 7. The third kappa shape index (κ3) is 4.47. The molecule has 30 heavy (non-hydrogen) atoms. The van der Waals surface area contributed by atoms with Crippen LogP contribution >= 0.6 is 0 Å². The standard InChI is InChI=1S/C25H26N2O3/c1-2-29-23-15-9-7-13-21(23)27-25(28)24(18-10-4-3-5-11-18)26-20-16-17-30-22-14-8-6-12-19(20)22/h3-15,20,24,26H,2,16-17H2,1H3,(H,27,28)/p+1/t20-,24+/m1/s1. The van der Waals surface area contributed by atoms with Crippen molar-refractivity contribution < 1.29 is 19.6 Å². The molecule has 3 N–H and O–H groups in total. The Morgan fingerprint density at radius 2 is 1.80 bits per heavy atom. The molecule has 1 aliphatic rings. The third-order valence-electron chi connectivity index (χ3n) is 5.32. The zero-order chi connectivity index (χ0) is 20.8. The topological polar surface area (TPSA) is 64.2 Å². The van der Waals surface area contributed by atoms with Crippen LogP contribution in [0.2, 0.25) is 0 Å². The number of nitrogens with one attached hydrogen (secondary N) is 1. The highest BCUT2D eigenvalue weighted by Gasteiger charge is 2.32. The predicted octanol–water partition coefficient (Wildman–Crippen LogP) is 3.85. The molecule has 0 bridgehead atoms. The van der Waals surface area contributed by atoms with E-state index in [9.17, 15) is 4.79 Å². The number of carbonyl (C=O) groups excluding carboxylic acids is 1. The molecule has 4 rings (SSSR count). The number of anilines is 1. The van der Waals surface area contributed by atoms with E-state index in [4.69, 9.17) is 9.47 Å². The van der Waals surface area contributed by atoms with Crippen LogP contribution < -0.4 is 20.1 Å². The number of hydrogen-bond acceptors (Lipinski definition) is 3. The molecular weight excluding hydrogens is 376 g/mol. The van der Waals surface area contributed by atoms with E-state index < -0.39 is 6.04 Å². The highest BCUT2D eigenvalue weighted by atomic mass is 16.5. The van der Waals surface area contributed by atoms with Gasteiger partial charge in [-0.3, -0.25) is 4.79 Å². The van der Waals surface area contributed by atoms with Crippen LogP contribution in [0.25, 0.3) is 0 Å². The lowest BCUT2D eigenvalue weighted by atomic mass is 9.97. The van der Waals surface area contributed by atoms with Crippen LogP contribution in [0.5, 0.6) is 11.5 Å². The summed E-state index contributed by atoms with van der Waals surface area (Å²) < 4.78 is 11.5. The fraction of sp³-hybridized carbons (Fsp3) is 0.240. The molecule has 1 amide bonds. The van der Waals surface area contributed by atoms with Crippen LogP contribution in [-0.2, 0) is 4.79 Å². The second kappa shape index (κ2) is 9.46. The van der Waals surface area contributed by atoms with E-state index in [0.29, 0.717) is 24.7 Å². The highest BCUT2D eigenvalue weighted by molar-refractivity contribution is 5.95. The van der Waals surface area contributed by atoms with Gasteiger partial charge in [-0.1, -0.05) is 54.6 Å². The fourth-order valence-electron chi connectivity index (χ4n) is 3.87. The molecule has 0 fully saturated rings. The van der Waals surface area contributed by atoms with Crippen molar-refractivity contribution in [3.05, 3.63) is 90.0 Å². The summed E-state index contributed by atoms with van der Waals surface area (Å²) >= 11 is 0. The number of para-hydroxylation sites is 3. The number of ether oxygens (including phenoxy) is 2. The van der Waals surface area contributed by atoms with Crippen molar-refractivity contribution in [1.82, 2.24) is 0 Å². The van der Waals surface area contributed by atoms with Crippen molar-refractivity contribution in [2.24, 2.45) is 0 Å². The molecule has 3 aromatic rings. The maximum atomic E-state index is 13.4. The molecule has 0 saturated heterocycles. The Hall–Kier alpha value is -3.31. The van der Waals surface area contributed by atoms with Crippen LogP contribution in [0.3, 0.4) is 0 Å². The SMILES string of the molecule is CCOc1ccccc1NC(=O)[C@@H]([NH2+][C@@H]1CCOc2ccccc21)c1ccccc1. The summed E-state index contributed by atoms with van der Waals surface area (Å²) in [6.07, 6.45) is 0.850. The number of amides is 1. The third-order valence-corrected chi connectivity index (χ3v) is 5.32. The van der Waals surface area contributed by atoms with Crippen molar-refractivity contribution in [1.29, 1.82) is 0 Å². The smallest absolute Gasteiger partial charge is 0.287 e. The minimum Gasteiger partial charge on any atom is -0.493 e. The van der Waals surface area contributed by atoms with Gasteiger partial charge in [-0.25, -0.2) is 0 Å². The molecule has 1 aliphatic heterocycles. The zero-order valence-corrected chi connectivity index (χ0v) is 17.1. The average molecular weight is 404 g/mol. The van der Waals surface area contributed by atoms with Gasteiger partial charge in [0.25, 0.3) is 5.91 Å². The Balaban J connectivity index is 1.61. The molecule has 0 spiro atoms. The Kier molecular flexibility index (Phi) is 6.30. The minimum atomic E-state index is -0.392. The molecule has 0 radical (unpaired) electrons. The van der Waals surface area contributed by atoms with Gasteiger partial charge < -0.3 is 20.1 Å². The Bertz CT molecular complexity index is 990. The van der Waals surface area contributed by atoms with E-state index >= 15 is 0 Å². The van der Waals surface area contributed by atoms with E-state index in [1.807, 2.05) is 79.7 Å². The first-order valence-electron chi connectivity index (χ1n) is 10.4. The molecule has 154 valence electrons. The Morgan fingerprint density at radius 3 is 2.63 bits per heavy atom. The number of benzene rings is 3. The van der Waals surface area contributed by atoms with Gasteiger partial charge in [-0.2, -0.15) is 0 Å².